The van der Waals surface area contributed by atoms with Gasteiger partial charge in [-0.3, -0.25) is 0 Å². The first-order valence-electron chi connectivity index (χ1n) is 4.78. The van der Waals surface area contributed by atoms with E-state index in [9.17, 15) is 8.78 Å². The Morgan fingerprint density at radius 2 is 1.54 bits per heavy atom. The zero-order chi connectivity index (χ0) is 10.9. The molecule has 0 spiro atoms. The van der Waals surface area contributed by atoms with Gasteiger partial charge in [0.2, 0.25) is 0 Å². The monoisotopic (exact) mass is 193 g/mol. The van der Waals surface area contributed by atoms with Gasteiger partial charge < -0.3 is 5.73 Å². The predicted molar refractivity (Wildman–Crippen MR) is 51.8 cm³/mol. The van der Waals surface area contributed by atoms with Crippen molar-refractivity contribution in [2.75, 3.05) is 0 Å². The molecule has 0 aromatic carbocycles. The van der Waals surface area contributed by atoms with Crippen LogP contribution in [-0.4, -0.2) is 11.5 Å². The molecule has 0 aromatic heterocycles. The summed E-state index contributed by atoms with van der Waals surface area (Å²) in [5.74, 6) is -3.31. The molecule has 80 valence electrons. The molecular formula is C10H21F2N. The third kappa shape index (κ3) is 2.90. The van der Waals surface area contributed by atoms with Crippen LogP contribution >= 0.6 is 0 Å². The molecule has 0 aromatic rings. The van der Waals surface area contributed by atoms with E-state index in [0.717, 1.165) is 0 Å². The van der Waals surface area contributed by atoms with E-state index in [1.807, 2.05) is 13.8 Å². The van der Waals surface area contributed by atoms with E-state index in [2.05, 4.69) is 0 Å². The van der Waals surface area contributed by atoms with E-state index in [1.165, 1.54) is 20.8 Å². The molecule has 0 radical (unpaired) electrons. The molecule has 2 N–H and O–H groups in total. The molecule has 0 rings (SSSR count). The lowest BCUT2D eigenvalue weighted by Gasteiger charge is -2.37. The molecule has 0 heterocycles. The van der Waals surface area contributed by atoms with Crippen LogP contribution in [0.2, 0.25) is 0 Å². The Labute approximate surface area is 79.7 Å². The number of alkyl halides is 2. The van der Waals surface area contributed by atoms with Gasteiger partial charge in [-0.15, -0.1) is 0 Å². The summed E-state index contributed by atoms with van der Waals surface area (Å²) in [7, 11) is 0. The van der Waals surface area contributed by atoms with Gasteiger partial charge in [-0.2, -0.15) is 0 Å². The fourth-order valence-electron chi connectivity index (χ4n) is 1.64. The van der Waals surface area contributed by atoms with E-state index in [0.29, 0.717) is 6.42 Å². The Morgan fingerprint density at radius 1 is 1.15 bits per heavy atom. The largest absolute Gasteiger partial charge is 0.320 e. The predicted octanol–water partition coefficient (Wildman–Crippen LogP) is 3.04. The Bertz CT molecular complexity index is 162. The van der Waals surface area contributed by atoms with Gasteiger partial charge in [0.1, 0.15) is 0 Å². The first-order chi connectivity index (χ1) is 5.61. The summed E-state index contributed by atoms with van der Waals surface area (Å²) in [6.07, 6.45) is 0.345. The number of hydrogen-bond donors (Lipinski definition) is 1. The summed E-state index contributed by atoms with van der Waals surface area (Å²) in [4.78, 5) is 0. The SMILES string of the molecule is CC(C)CC(C)(N)C(F)(F)C(C)C. The van der Waals surface area contributed by atoms with Crippen molar-refractivity contribution in [2.24, 2.45) is 17.6 Å². The minimum absolute atomic E-state index is 0.194. The van der Waals surface area contributed by atoms with Gasteiger partial charge in [0.15, 0.2) is 0 Å². The van der Waals surface area contributed by atoms with Gasteiger partial charge in [-0.1, -0.05) is 27.7 Å². The zero-order valence-electron chi connectivity index (χ0n) is 9.20. The lowest BCUT2D eigenvalue weighted by Crippen LogP contribution is -2.56. The summed E-state index contributed by atoms with van der Waals surface area (Å²) >= 11 is 0. The zero-order valence-corrected chi connectivity index (χ0v) is 9.20. The highest BCUT2D eigenvalue weighted by atomic mass is 19.3. The minimum atomic E-state index is -2.79. The van der Waals surface area contributed by atoms with Crippen molar-refractivity contribution in [1.82, 2.24) is 0 Å². The normalized spacial score (nSPS) is 18.0. The number of rotatable bonds is 4. The quantitative estimate of drug-likeness (QED) is 0.729. The molecule has 0 saturated heterocycles. The van der Waals surface area contributed by atoms with Gasteiger partial charge in [-0.05, 0) is 19.3 Å². The van der Waals surface area contributed by atoms with Crippen LogP contribution in [0.15, 0.2) is 0 Å². The molecule has 1 unspecified atom stereocenters. The van der Waals surface area contributed by atoms with Crippen LogP contribution in [0, 0.1) is 11.8 Å². The van der Waals surface area contributed by atoms with Crippen LogP contribution in [-0.2, 0) is 0 Å². The lowest BCUT2D eigenvalue weighted by molar-refractivity contribution is -0.111. The molecule has 0 aliphatic heterocycles. The molecule has 1 atom stereocenters. The maximum Gasteiger partial charge on any atom is 0.267 e. The molecule has 1 nitrogen and oxygen atoms in total. The summed E-state index contributed by atoms with van der Waals surface area (Å²) in [6, 6.07) is 0. The fourth-order valence-corrected chi connectivity index (χ4v) is 1.64. The van der Waals surface area contributed by atoms with Gasteiger partial charge >= 0.3 is 0 Å². The number of halogens is 2. The second kappa shape index (κ2) is 3.91. The van der Waals surface area contributed by atoms with Crippen molar-refractivity contribution in [1.29, 1.82) is 0 Å². The highest BCUT2D eigenvalue weighted by Crippen LogP contribution is 2.37. The van der Waals surface area contributed by atoms with Crippen LogP contribution in [0.4, 0.5) is 8.78 Å². The summed E-state index contributed by atoms with van der Waals surface area (Å²) < 4.78 is 27.1. The molecule has 0 bridgehead atoms. The second-order valence-corrected chi connectivity index (χ2v) is 4.79. The van der Waals surface area contributed by atoms with E-state index >= 15 is 0 Å². The molecule has 0 aliphatic carbocycles. The number of hydrogen-bond acceptors (Lipinski definition) is 1. The maximum absolute atomic E-state index is 13.6. The molecule has 0 aliphatic rings. The topological polar surface area (TPSA) is 26.0 Å². The van der Waals surface area contributed by atoms with E-state index < -0.39 is 17.4 Å². The Hall–Kier alpha value is -0.180. The summed E-state index contributed by atoms with van der Waals surface area (Å²) in [5, 5.41) is 0. The summed E-state index contributed by atoms with van der Waals surface area (Å²) in [6.45, 7) is 8.26. The van der Waals surface area contributed by atoms with Crippen molar-refractivity contribution >= 4 is 0 Å². The van der Waals surface area contributed by atoms with E-state index in [4.69, 9.17) is 5.73 Å². The van der Waals surface area contributed by atoms with E-state index in [1.54, 1.807) is 0 Å². The molecular weight excluding hydrogens is 172 g/mol. The third-order valence-corrected chi connectivity index (χ3v) is 2.32. The standard InChI is InChI=1S/C10H21F2N/c1-7(2)6-9(5,13)10(11,12)8(3)4/h7-8H,6,13H2,1-5H3. The maximum atomic E-state index is 13.6. The van der Waals surface area contributed by atoms with Crippen molar-refractivity contribution in [3.63, 3.8) is 0 Å². The van der Waals surface area contributed by atoms with Gasteiger partial charge in [0.25, 0.3) is 5.92 Å². The average molecular weight is 193 g/mol. The van der Waals surface area contributed by atoms with Gasteiger partial charge in [0, 0.05) is 5.92 Å². The molecule has 13 heavy (non-hydrogen) atoms. The summed E-state index contributed by atoms with van der Waals surface area (Å²) in [5.41, 5.74) is 4.25. The average Bonchev–Trinajstić information content (AvgIpc) is 1.83. The highest BCUT2D eigenvalue weighted by Gasteiger charge is 2.49. The lowest BCUT2D eigenvalue weighted by atomic mass is 9.81. The Balaban J connectivity index is 4.60. The first kappa shape index (κ1) is 12.8. The third-order valence-electron chi connectivity index (χ3n) is 2.32. The van der Waals surface area contributed by atoms with Crippen LogP contribution in [0.3, 0.4) is 0 Å². The molecule has 0 amide bonds. The van der Waals surface area contributed by atoms with Crippen molar-refractivity contribution < 1.29 is 8.78 Å². The van der Waals surface area contributed by atoms with Crippen LogP contribution < -0.4 is 5.73 Å². The van der Waals surface area contributed by atoms with Crippen molar-refractivity contribution in [3.05, 3.63) is 0 Å². The van der Waals surface area contributed by atoms with Crippen molar-refractivity contribution in [3.8, 4) is 0 Å². The van der Waals surface area contributed by atoms with Crippen molar-refractivity contribution in [2.45, 2.75) is 52.5 Å². The molecule has 0 saturated carbocycles. The highest BCUT2D eigenvalue weighted by molar-refractivity contribution is 4.96. The van der Waals surface area contributed by atoms with Crippen LogP contribution in [0.5, 0.6) is 0 Å². The molecule has 0 fully saturated rings. The van der Waals surface area contributed by atoms with Crippen LogP contribution in [0.25, 0.3) is 0 Å². The number of nitrogens with two attached hydrogens (primary N) is 1. The Kier molecular flexibility index (Phi) is 3.85. The van der Waals surface area contributed by atoms with Gasteiger partial charge in [-0.25, -0.2) is 8.78 Å². The van der Waals surface area contributed by atoms with Crippen LogP contribution in [0.1, 0.15) is 41.0 Å². The van der Waals surface area contributed by atoms with E-state index in [-0.39, 0.29) is 5.92 Å². The Morgan fingerprint density at radius 3 is 1.77 bits per heavy atom. The smallest absolute Gasteiger partial charge is 0.267 e. The van der Waals surface area contributed by atoms with Gasteiger partial charge in [0.05, 0.1) is 5.54 Å². The fraction of sp³-hybridized carbons (Fsp3) is 1.00. The minimum Gasteiger partial charge on any atom is -0.320 e. The molecule has 3 heteroatoms. The second-order valence-electron chi connectivity index (χ2n) is 4.79. The first-order valence-corrected chi connectivity index (χ1v) is 4.78.